The maximum absolute atomic E-state index is 4.45. The van der Waals surface area contributed by atoms with E-state index in [-0.39, 0.29) is 0 Å². The average Bonchev–Trinajstić information content (AvgIpc) is 2.93. The van der Waals surface area contributed by atoms with E-state index in [1.807, 2.05) is 18.0 Å². The van der Waals surface area contributed by atoms with E-state index in [9.17, 15) is 0 Å². The van der Waals surface area contributed by atoms with Gasteiger partial charge in [0.1, 0.15) is 0 Å². The first-order valence-electron chi connectivity index (χ1n) is 7.69. The number of nitrogens with zero attached hydrogens (tertiary/aromatic N) is 2. The lowest BCUT2D eigenvalue weighted by Crippen LogP contribution is -2.26. The second-order valence-corrected chi connectivity index (χ2v) is 6.23. The Morgan fingerprint density at radius 1 is 1.24 bits per heavy atom. The summed E-state index contributed by atoms with van der Waals surface area (Å²) < 4.78 is 2.13. The van der Waals surface area contributed by atoms with Crippen LogP contribution in [-0.2, 0) is 6.54 Å². The molecule has 0 spiro atoms. The number of hydrogen-bond acceptors (Lipinski definition) is 3. The van der Waals surface area contributed by atoms with E-state index in [4.69, 9.17) is 0 Å². The summed E-state index contributed by atoms with van der Waals surface area (Å²) in [6.45, 7) is 8.48. The van der Waals surface area contributed by atoms with Gasteiger partial charge < -0.3 is 5.32 Å². The Kier molecular flexibility index (Phi) is 6.33. The standard InChI is InChI=1S/C17H25N3S/c1-4-12-20-16(10-11-19-20)15(18-5-2)13-21-17-9-7-6-8-14(17)3/h6-11,15,18H,4-5,12-13H2,1-3H3. The lowest BCUT2D eigenvalue weighted by Gasteiger charge is -2.19. The van der Waals surface area contributed by atoms with Crippen molar-refractivity contribution in [3.05, 3.63) is 47.8 Å². The fraction of sp³-hybridized carbons (Fsp3) is 0.471. The summed E-state index contributed by atoms with van der Waals surface area (Å²) in [6, 6.07) is 11.1. The maximum Gasteiger partial charge on any atom is 0.0587 e. The maximum atomic E-state index is 4.45. The van der Waals surface area contributed by atoms with Gasteiger partial charge in [0.15, 0.2) is 0 Å². The highest BCUT2D eigenvalue weighted by atomic mass is 32.2. The molecule has 0 radical (unpaired) electrons. The molecule has 0 saturated heterocycles. The van der Waals surface area contributed by atoms with E-state index < -0.39 is 0 Å². The molecule has 0 amide bonds. The van der Waals surface area contributed by atoms with E-state index in [1.165, 1.54) is 16.2 Å². The summed E-state index contributed by atoms with van der Waals surface area (Å²) in [7, 11) is 0. The fourth-order valence-electron chi connectivity index (χ4n) is 2.42. The molecule has 0 aliphatic carbocycles. The molecule has 3 nitrogen and oxygen atoms in total. The molecule has 0 aliphatic heterocycles. The molecule has 21 heavy (non-hydrogen) atoms. The molecule has 1 heterocycles. The van der Waals surface area contributed by atoms with Gasteiger partial charge in [-0.25, -0.2) is 0 Å². The molecule has 4 heteroatoms. The van der Waals surface area contributed by atoms with Crippen LogP contribution in [0.5, 0.6) is 0 Å². The van der Waals surface area contributed by atoms with Crippen LogP contribution in [0.15, 0.2) is 41.4 Å². The third-order valence-electron chi connectivity index (χ3n) is 3.49. The van der Waals surface area contributed by atoms with E-state index in [1.54, 1.807) is 0 Å². The van der Waals surface area contributed by atoms with Crippen molar-refractivity contribution in [3.63, 3.8) is 0 Å². The first kappa shape index (κ1) is 16.1. The summed E-state index contributed by atoms with van der Waals surface area (Å²) >= 11 is 1.92. The Labute approximate surface area is 132 Å². The van der Waals surface area contributed by atoms with Crippen LogP contribution < -0.4 is 5.32 Å². The molecular weight excluding hydrogens is 278 g/mol. The Bertz CT molecular complexity index is 550. The molecule has 1 N–H and O–H groups in total. The Balaban J connectivity index is 2.08. The molecule has 1 atom stereocenters. The molecular formula is C17H25N3S. The molecule has 0 fully saturated rings. The molecule has 1 aromatic heterocycles. The molecule has 1 aromatic carbocycles. The summed E-state index contributed by atoms with van der Waals surface area (Å²) in [5.74, 6) is 1.02. The fourth-order valence-corrected chi connectivity index (χ4v) is 3.53. The number of nitrogens with one attached hydrogen (secondary N) is 1. The second kappa shape index (κ2) is 8.25. The molecule has 0 aliphatic rings. The van der Waals surface area contributed by atoms with Crippen LogP contribution >= 0.6 is 11.8 Å². The largest absolute Gasteiger partial charge is 0.308 e. The van der Waals surface area contributed by atoms with Crippen LogP contribution in [0.4, 0.5) is 0 Å². The van der Waals surface area contributed by atoms with Crippen molar-refractivity contribution >= 4 is 11.8 Å². The zero-order chi connectivity index (χ0) is 15.1. The number of aryl methyl sites for hydroxylation is 2. The highest BCUT2D eigenvalue weighted by Crippen LogP contribution is 2.27. The van der Waals surface area contributed by atoms with Crippen LogP contribution in [0, 0.1) is 6.92 Å². The van der Waals surface area contributed by atoms with Gasteiger partial charge in [0.2, 0.25) is 0 Å². The van der Waals surface area contributed by atoms with Gasteiger partial charge in [-0.1, -0.05) is 32.0 Å². The summed E-state index contributed by atoms with van der Waals surface area (Å²) in [5.41, 5.74) is 2.64. The van der Waals surface area contributed by atoms with Crippen molar-refractivity contribution in [2.75, 3.05) is 12.3 Å². The first-order chi connectivity index (χ1) is 10.3. The number of aromatic nitrogens is 2. The van der Waals surface area contributed by atoms with E-state index in [2.05, 4.69) is 66.2 Å². The number of benzene rings is 1. The van der Waals surface area contributed by atoms with Gasteiger partial charge in [0.25, 0.3) is 0 Å². The second-order valence-electron chi connectivity index (χ2n) is 5.17. The van der Waals surface area contributed by atoms with Crippen LogP contribution in [-0.4, -0.2) is 22.1 Å². The van der Waals surface area contributed by atoms with Crippen molar-refractivity contribution in [1.29, 1.82) is 0 Å². The van der Waals surface area contributed by atoms with Crippen LogP contribution in [0.25, 0.3) is 0 Å². The highest BCUT2D eigenvalue weighted by Gasteiger charge is 2.15. The number of thioether (sulfide) groups is 1. The molecule has 2 aromatic rings. The summed E-state index contributed by atoms with van der Waals surface area (Å²) in [6.07, 6.45) is 3.02. The average molecular weight is 303 g/mol. The zero-order valence-corrected chi connectivity index (χ0v) is 14.0. The van der Waals surface area contributed by atoms with Gasteiger partial charge in [-0.3, -0.25) is 4.68 Å². The van der Waals surface area contributed by atoms with Crippen LogP contribution in [0.2, 0.25) is 0 Å². The van der Waals surface area contributed by atoms with Crippen molar-refractivity contribution in [2.45, 2.75) is 44.7 Å². The molecule has 0 saturated carbocycles. The molecule has 1 unspecified atom stereocenters. The predicted octanol–water partition coefficient (Wildman–Crippen LogP) is 4.04. The first-order valence-corrected chi connectivity index (χ1v) is 8.68. The SMILES string of the molecule is CCCn1nccc1C(CSc1ccccc1C)NCC. The molecule has 2 rings (SSSR count). The minimum absolute atomic E-state index is 0.341. The smallest absolute Gasteiger partial charge is 0.0587 e. The lowest BCUT2D eigenvalue weighted by atomic mass is 10.2. The van der Waals surface area contributed by atoms with Crippen LogP contribution in [0.1, 0.15) is 37.6 Å². The summed E-state index contributed by atoms with van der Waals surface area (Å²) in [4.78, 5) is 1.36. The monoisotopic (exact) mass is 303 g/mol. The third-order valence-corrected chi connectivity index (χ3v) is 4.76. The third kappa shape index (κ3) is 4.35. The number of rotatable bonds is 8. The van der Waals surface area contributed by atoms with Gasteiger partial charge >= 0.3 is 0 Å². The van der Waals surface area contributed by atoms with Gasteiger partial charge in [-0.15, -0.1) is 11.8 Å². The quantitative estimate of drug-likeness (QED) is 0.746. The normalized spacial score (nSPS) is 12.5. The van der Waals surface area contributed by atoms with Crippen molar-refractivity contribution in [2.24, 2.45) is 0 Å². The zero-order valence-electron chi connectivity index (χ0n) is 13.2. The minimum atomic E-state index is 0.341. The van der Waals surface area contributed by atoms with Crippen molar-refractivity contribution < 1.29 is 0 Å². The topological polar surface area (TPSA) is 29.9 Å². The van der Waals surface area contributed by atoms with Crippen LogP contribution in [0.3, 0.4) is 0 Å². The predicted molar refractivity (Wildman–Crippen MR) is 90.8 cm³/mol. The minimum Gasteiger partial charge on any atom is -0.308 e. The molecule has 114 valence electrons. The van der Waals surface area contributed by atoms with Gasteiger partial charge in [0.05, 0.1) is 11.7 Å². The highest BCUT2D eigenvalue weighted by molar-refractivity contribution is 7.99. The van der Waals surface area contributed by atoms with E-state index in [0.29, 0.717) is 6.04 Å². The number of hydrogen-bond donors (Lipinski definition) is 1. The van der Waals surface area contributed by atoms with Gasteiger partial charge in [-0.05, 0) is 37.6 Å². The van der Waals surface area contributed by atoms with Gasteiger partial charge in [-0.2, -0.15) is 5.10 Å². The van der Waals surface area contributed by atoms with Crippen molar-refractivity contribution in [3.8, 4) is 0 Å². The van der Waals surface area contributed by atoms with E-state index >= 15 is 0 Å². The van der Waals surface area contributed by atoms with Crippen molar-refractivity contribution in [1.82, 2.24) is 15.1 Å². The Morgan fingerprint density at radius 3 is 2.76 bits per heavy atom. The Morgan fingerprint density at radius 2 is 2.05 bits per heavy atom. The lowest BCUT2D eigenvalue weighted by molar-refractivity contribution is 0.508. The van der Waals surface area contributed by atoms with E-state index in [0.717, 1.165) is 25.3 Å². The Hall–Kier alpha value is -1.26. The summed E-state index contributed by atoms with van der Waals surface area (Å²) in [5, 5.41) is 8.04. The van der Waals surface area contributed by atoms with Gasteiger partial charge in [0, 0.05) is 23.4 Å². The molecule has 0 bridgehead atoms.